The topological polar surface area (TPSA) is 108 Å². The zero-order valence-electron chi connectivity index (χ0n) is 12.6. The average Bonchev–Trinajstić information content (AvgIpc) is 3.06. The number of hydrogen-bond acceptors (Lipinski definition) is 8. The molecule has 0 bridgehead atoms. The second kappa shape index (κ2) is 8.13. The van der Waals surface area contributed by atoms with Crippen molar-refractivity contribution in [3.05, 3.63) is 24.3 Å². The second-order valence-corrected chi connectivity index (χ2v) is 5.16. The SMILES string of the molecule is COC(=O)CNC(=O)CSc1nnnn1-c1ccc(OC)cc1. The van der Waals surface area contributed by atoms with Gasteiger partial charge in [-0.3, -0.25) is 9.59 Å². The van der Waals surface area contributed by atoms with Gasteiger partial charge in [0.2, 0.25) is 11.1 Å². The summed E-state index contributed by atoms with van der Waals surface area (Å²) >= 11 is 1.16. The Hall–Kier alpha value is -2.62. The summed E-state index contributed by atoms with van der Waals surface area (Å²) in [7, 11) is 2.84. The minimum atomic E-state index is -0.508. The van der Waals surface area contributed by atoms with E-state index in [4.69, 9.17) is 4.74 Å². The van der Waals surface area contributed by atoms with E-state index in [2.05, 4.69) is 25.6 Å². The van der Waals surface area contributed by atoms with Gasteiger partial charge in [0.05, 0.1) is 25.7 Å². The Morgan fingerprint density at radius 2 is 2.00 bits per heavy atom. The summed E-state index contributed by atoms with van der Waals surface area (Å²) in [4.78, 5) is 22.6. The highest BCUT2D eigenvalue weighted by Gasteiger charge is 2.12. The molecule has 0 saturated heterocycles. The summed E-state index contributed by atoms with van der Waals surface area (Å²) in [5, 5.41) is 14.3. The number of esters is 1. The van der Waals surface area contributed by atoms with E-state index in [0.717, 1.165) is 23.2 Å². The number of carbonyl (C=O) groups excluding carboxylic acids is 2. The summed E-state index contributed by atoms with van der Waals surface area (Å²) in [6.45, 7) is -0.167. The van der Waals surface area contributed by atoms with Crippen molar-refractivity contribution in [1.29, 1.82) is 0 Å². The van der Waals surface area contributed by atoms with Crippen LogP contribution in [-0.4, -0.2) is 58.6 Å². The Labute approximate surface area is 136 Å². The largest absolute Gasteiger partial charge is 0.497 e. The molecule has 1 amide bonds. The molecule has 122 valence electrons. The van der Waals surface area contributed by atoms with Gasteiger partial charge in [-0.1, -0.05) is 11.8 Å². The standard InChI is InChI=1S/C13H15N5O4S/c1-21-10-5-3-9(4-6-10)18-13(15-16-17-18)23-8-11(19)14-7-12(20)22-2/h3-6H,7-8H2,1-2H3,(H,14,19). The molecule has 0 spiro atoms. The van der Waals surface area contributed by atoms with Crippen LogP contribution in [0.25, 0.3) is 5.69 Å². The van der Waals surface area contributed by atoms with Crippen LogP contribution in [0.15, 0.2) is 29.4 Å². The van der Waals surface area contributed by atoms with Crippen LogP contribution in [0.3, 0.4) is 0 Å². The lowest BCUT2D eigenvalue weighted by atomic mass is 10.3. The van der Waals surface area contributed by atoms with Gasteiger partial charge in [0.25, 0.3) is 0 Å². The van der Waals surface area contributed by atoms with Gasteiger partial charge >= 0.3 is 5.97 Å². The molecule has 0 atom stereocenters. The van der Waals surface area contributed by atoms with Crippen LogP contribution in [0.5, 0.6) is 5.75 Å². The van der Waals surface area contributed by atoms with Gasteiger partial charge in [0.1, 0.15) is 12.3 Å². The van der Waals surface area contributed by atoms with Crippen molar-refractivity contribution in [3.8, 4) is 11.4 Å². The lowest BCUT2D eigenvalue weighted by molar-refractivity contribution is -0.140. The number of aromatic nitrogens is 4. The van der Waals surface area contributed by atoms with Crippen LogP contribution in [0.4, 0.5) is 0 Å². The van der Waals surface area contributed by atoms with Crippen molar-refractivity contribution in [3.63, 3.8) is 0 Å². The van der Waals surface area contributed by atoms with Gasteiger partial charge < -0.3 is 14.8 Å². The lowest BCUT2D eigenvalue weighted by Gasteiger charge is -2.06. The summed E-state index contributed by atoms with van der Waals surface area (Å²) in [5.74, 6) is -0.0256. The first-order valence-electron chi connectivity index (χ1n) is 6.53. The van der Waals surface area contributed by atoms with E-state index in [0.29, 0.717) is 5.16 Å². The predicted octanol–water partition coefficient (Wildman–Crippen LogP) is 0.0522. The molecule has 1 N–H and O–H groups in total. The van der Waals surface area contributed by atoms with E-state index in [1.54, 1.807) is 31.4 Å². The average molecular weight is 337 g/mol. The van der Waals surface area contributed by atoms with Gasteiger partial charge in [0.15, 0.2) is 0 Å². The molecule has 0 saturated carbocycles. The quantitative estimate of drug-likeness (QED) is 0.558. The molecule has 9 nitrogen and oxygen atoms in total. The van der Waals surface area contributed by atoms with Gasteiger partial charge in [-0.05, 0) is 34.7 Å². The molecular weight excluding hydrogens is 322 g/mol. The number of tetrazole rings is 1. The molecule has 2 rings (SSSR count). The Morgan fingerprint density at radius 3 is 2.65 bits per heavy atom. The van der Waals surface area contributed by atoms with E-state index in [9.17, 15) is 9.59 Å². The molecule has 1 aromatic carbocycles. The number of hydrogen-bond donors (Lipinski definition) is 1. The normalized spacial score (nSPS) is 10.2. The van der Waals surface area contributed by atoms with Crippen molar-refractivity contribution < 1.29 is 19.1 Å². The maximum atomic E-state index is 11.7. The number of benzene rings is 1. The second-order valence-electron chi connectivity index (χ2n) is 4.21. The molecule has 0 aliphatic carbocycles. The number of thioether (sulfide) groups is 1. The van der Waals surface area contributed by atoms with Crippen LogP contribution in [0.2, 0.25) is 0 Å². The number of nitrogens with zero attached hydrogens (tertiary/aromatic N) is 4. The zero-order chi connectivity index (χ0) is 16.7. The minimum absolute atomic E-state index is 0.0769. The van der Waals surface area contributed by atoms with Crippen molar-refractivity contribution in [2.24, 2.45) is 0 Å². The third-order valence-electron chi connectivity index (χ3n) is 2.75. The maximum absolute atomic E-state index is 11.7. The Bertz CT molecular complexity index is 673. The van der Waals surface area contributed by atoms with Crippen LogP contribution in [0, 0.1) is 0 Å². The third-order valence-corrected chi connectivity index (χ3v) is 3.67. The number of carbonyl (C=O) groups is 2. The summed E-state index contributed by atoms with van der Waals surface area (Å²) in [6.07, 6.45) is 0. The van der Waals surface area contributed by atoms with Crippen molar-refractivity contribution in [2.45, 2.75) is 5.16 Å². The predicted molar refractivity (Wildman–Crippen MR) is 81.5 cm³/mol. The molecule has 0 radical (unpaired) electrons. The van der Waals surface area contributed by atoms with E-state index >= 15 is 0 Å². The van der Waals surface area contributed by atoms with Crippen LogP contribution in [0.1, 0.15) is 0 Å². The summed E-state index contributed by atoms with van der Waals surface area (Å²) in [6, 6.07) is 7.18. The monoisotopic (exact) mass is 337 g/mol. The first kappa shape index (κ1) is 16.7. The fourth-order valence-electron chi connectivity index (χ4n) is 1.58. The number of nitrogens with one attached hydrogen (secondary N) is 1. The zero-order valence-corrected chi connectivity index (χ0v) is 13.4. The van der Waals surface area contributed by atoms with Crippen molar-refractivity contribution in [2.75, 3.05) is 26.5 Å². The van der Waals surface area contributed by atoms with Crippen LogP contribution >= 0.6 is 11.8 Å². The minimum Gasteiger partial charge on any atom is -0.497 e. The molecule has 0 aliphatic rings. The van der Waals surface area contributed by atoms with Gasteiger partial charge in [-0.2, -0.15) is 4.68 Å². The van der Waals surface area contributed by atoms with Gasteiger partial charge in [0, 0.05) is 0 Å². The molecule has 23 heavy (non-hydrogen) atoms. The Kier molecular flexibility index (Phi) is 5.92. The van der Waals surface area contributed by atoms with Crippen LogP contribution < -0.4 is 10.1 Å². The number of ether oxygens (including phenoxy) is 2. The summed E-state index contributed by atoms with van der Waals surface area (Å²) < 4.78 is 11.0. The highest BCUT2D eigenvalue weighted by molar-refractivity contribution is 7.99. The van der Waals surface area contributed by atoms with Crippen molar-refractivity contribution >= 4 is 23.6 Å². The van der Waals surface area contributed by atoms with Crippen molar-refractivity contribution in [1.82, 2.24) is 25.5 Å². The third kappa shape index (κ3) is 4.68. The number of methoxy groups -OCH3 is 2. The Balaban J connectivity index is 1.95. The smallest absolute Gasteiger partial charge is 0.325 e. The van der Waals surface area contributed by atoms with E-state index < -0.39 is 5.97 Å². The van der Waals surface area contributed by atoms with E-state index in [1.165, 1.54) is 11.8 Å². The lowest BCUT2D eigenvalue weighted by Crippen LogP contribution is -2.31. The van der Waals surface area contributed by atoms with E-state index in [1.807, 2.05) is 0 Å². The molecule has 1 heterocycles. The van der Waals surface area contributed by atoms with Gasteiger partial charge in [-0.15, -0.1) is 5.10 Å². The molecular formula is C13H15N5O4S. The summed E-state index contributed by atoms with van der Waals surface area (Å²) in [5.41, 5.74) is 0.744. The van der Waals surface area contributed by atoms with Crippen LogP contribution in [-0.2, 0) is 14.3 Å². The molecule has 0 fully saturated rings. The van der Waals surface area contributed by atoms with Gasteiger partial charge in [-0.25, -0.2) is 0 Å². The molecule has 2 aromatic rings. The number of rotatable bonds is 7. The number of amides is 1. The van der Waals surface area contributed by atoms with E-state index in [-0.39, 0.29) is 18.2 Å². The molecule has 0 aliphatic heterocycles. The maximum Gasteiger partial charge on any atom is 0.325 e. The highest BCUT2D eigenvalue weighted by atomic mass is 32.2. The fraction of sp³-hybridized carbons (Fsp3) is 0.308. The molecule has 0 unspecified atom stereocenters. The first-order valence-corrected chi connectivity index (χ1v) is 7.51. The highest BCUT2D eigenvalue weighted by Crippen LogP contribution is 2.19. The molecule has 10 heteroatoms. The fourth-order valence-corrected chi connectivity index (χ4v) is 2.30. The first-order chi connectivity index (χ1) is 11.1. The Morgan fingerprint density at radius 1 is 1.26 bits per heavy atom. The molecule has 1 aromatic heterocycles.